The van der Waals surface area contributed by atoms with Crippen LogP contribution >= 0.6 is 34.5 Å². The third-order valence-electron chi connectivity index (χ3n) is 5.50. The maximum atomic E-state index is 12.9. The van der Waals surface area contributed by atoms with Gasteiger partial charge in [-0.25, -0.2) is 4.98 Å². The molecule has 0 saturated heterocycles. The first-order chi connectivity index (χ1) is 19.0. The van der Waals surface area contributed by atoms with E-state index in [0.29, 0.717) is 49.7 Å². The maximum Gasteiger partial charge on any atom is 0.573 e. The Kier molecular flexibility index (Phi) is 9.18. The Morgan fingerprint density at radius 2 is 1.75 bits per heavy atom. The molecule has 0 unspecified atom stereocenters. The molecule has 0 saturated carbocycles. The number of rotatable bonds is 10. The molecule has 1 heterocycles. The van der Waals surface area contributed by atoms with E-state index in [0.717, 1.165) is 5.56 Å². The number of ether oxygens (including phenoxy) is 1. The number of benzene rings is 3. The van der Waals surface area contributed by atoms with Crippen molar-refractivity contribution in [3.05, 3.63) is 87.2 Å². The number of anilines is 1. The average molecular weight is 610 g/mol. The van der Waals surface area contributed by atoms with Crippen LogP contribution in [-0.2, 0) is 11.3 Å². The van der Waals surface area contributed by atoms with Gasteiger partial charge in [0.15, 0.2) is 0 Å². The number of thiazole rings is 1. The number of carboxylic acid groups (broad SMARTS) is 1. The Morgan fingerprint density at radius 1 is 1.00 bits per heavy atom. The highest BCUT2D eigenvalue weighted by atomic mass is 35.5. The standard InChI is InChI=1S/C27H20Cl2F3N3O4S/c28-20-7-5-17(11-21(20)29)23-14-40-26(35-23)19-12-18(39-27(30,31)32)6-8-22(19)34-13-15-1-3-16(4-2-15)25(38)33-10-9-24(36)37/h1-8,11-12,14,34H,9-10,13H2,(H,33,38)(H,36,37). The van der Waals surface area contributed by atoms with E-state index in [4.69, 9.17) is 28.3 Å². The van der Waals surface area contributed by atoms with Gasteiger partial charge in [-0.3, -0.25) is 9.59 Å². The van der Waals surface area contributed by atoms with Crippen molar-refractivity contribution < 1.29 is 32.6 Å². The van der Waals surface area contributed by atoms with Crippen LogP contribution in [0.2, 0.25) is 10.0 Å². The SMILES string of the molecule is O=C(O)CCNC(=O)c1ccc(CNc2ccc(OC(F)(F)F)cc2-c2nc(-c3ccc(Cl)c(Cl)c3)cs2)cc1. The van der Waals surface area contributed by atoms with E-state index in [-0.39, 0.29) is 13.0 Å². The topological polar surface area (TPSA) is 101 Å². The van der Waals surface area contributed by atoms with Gasteiger partial charge in [0, 0.05) is 40.8 Å². The number of amides is 1. The van der Waals surface area contributed by atoms with Gasteiger partial charge in [0.05, 0.1) is 22.2 Å². The zero-order valence-electron chi connectivity index (χ0n) is 20.4. The molecule has 1 amide bonds. The van der Waals surface area contributed by atoms with E-state index in [1.54, 1.807) is 47.8 Å². The van der Waals surface area contributed by atoms with Crippen LogP contribution in [0.4, 0.5) is 18.9 Å². The maximum absolute atomic E-state index is 12.9. The molecule has 0 aliphatic heterocycles. The van der Waals surface area contributed by atoms with E-state index in [1.165, 1.54) is 29.5 Å². The van der Waals surface area contributed by atoms with Crippen LogP contribution in [0.1, 0.15) is 22.3 Å². The van der Waals surface area contributed by atoms with E-state index >= 15 is 0 Å². The number of carbonyl (C=O) groups excluding carboxylic acids is 1. The van der Waals surface area contributed by atoms with Crippen molar-refractivity contribution in [3.8, 4) is 27.6 Å². The number of halogens is 5. The largest absolute Gasteiger partial charge is 0.573 e. The minimum Gasteiger partial charge on any atom is -0.481 e. The van der Waals surface area contributed by atoms with Crippen LogP contribution in [0.25, 0.3) is 21.8 Å². The Balaban J connectivity index is 1.54. The molecule has 4 rings (SSSR count). The second-order valence-corrected chi connectivity index (χ2v) is 10.0. The van der Waals surface area contributed by atoms with Crippen LogP contribution in [-0.4, -0.2) is 34.9 Å². The van der Waals surface area contributed by atoms with Gasteiger partial charge < -0.3 is 20.5 Å². The Morgan fingerprint density at radius 3 is 2.42 bits per heavy atom. The molecule has 1 aromatic heterocycles. The lowest BCUT2D eigenvalue weighted by molar-refractivity contribution is -0.274. The summed E-state index contributed by atoms with van der Waals surface area (Å²) in [5.41, 5.74) is 3.33. The van der Waals surface area contributed by atoms with Crippen LogP contribution in [0.15, 0.2) is 66.0 Å². The number of carboxylic acids is 1. The molecular formula is C27H20Cl2F3N3O4S. The number of alkyl halides is 3. The number of hydrogen-bond acceptors (Lipinski definition) is 6. The number of nitrogens with one attached hydrogen (secondary N) is 2. The van der Waals surface area contributed by atoms with Crippen molar-refractivity contribution >= 4 is 52.1 Å². The predicted octanol–water partition coefficient (Wildman–Crippen LogP) is 7.50. The summed E-state index contributed by atoms with van der Waals surface area (Å²) in [5.74, 6) is -1.80. The van der Waals surface area contributed by atoms with Gasteiger partial charge >= 0.3 is 12.3 Å². The Labute approximate surface area is 240 Å². The first kappa shape index (κ1) is 29.2. The fourth-order valence-electron chi connectivity index (χ4n) is 3.59. The van der Waals surface area contributed by atoms with Crippen LogP contribution in [0, 0.1) is 0 Å². The zero-order chi connectivity index (χ0) is 28.9. The number of hydrogen-bond donors (Lipinski definition) is 3. The minimum atomic E-state index is -4.86. The lowest BCUT2D eigenvalue weighted by atomic mass is 10.1. The molecule has 4 aromatic rings. The molecule has 0 bridgehead atoms. The van der Waals surface area contributed by atoms with E-state index in [9.17, 15) is 22.8 Å². The monoisotopic (exact) mass is 609 g/mol. The highest BCUT2D eigenvalue weighted by Crippen LogP contribution is 2.38. The quantitative estimate of drug-likeness (QED) is 0.172. The molecule has 0 atom stereocenters. The van der Waals surface area contributed by atoms with Crippen molar-refractivity contribution in [1.82, 2.24) is 10.3 Å². The molecule has 0 fully saturated rings. The van der Waals surface area contributed by atoms with Crippen molar-refractivity contribution in [3.63, 3.8) is 0 Å². The number of aliphatic carboxylic acids is 1. The number of carbonyl (C=O) groups is 2. The Bertz CT molecular complexity index is 1530. The summed E-state index contributed by atoms with van der Waals surface area (Å²) in [6, 6.07) is 15.6. The fraction of sp³-hybridized carbons (Fsp3) is 0.148. The predicted molar refractivity (Wildman–Crippen MR) is 148 cm³/mol. The van der Waals surface area contributed by atoms with Gasteiger partial charge in [-0.15, -0.1) is 24.5 Å². The average Bonchev–Trinajstić information content (AvgIpc) is 3.39. The minimum absolute atomic E-state index is 0.0117. The lowest BCUT2D eigenvalue weighted by Gasteiger charge is -2.14. The van der Waals surface area contributed by atoms with Crippen LogP contribution in [0.3, 0.4) is 0 Å². The molecule has 0 aliphatic carbocycles. The molecule has 13 heteroatoms. The van der Waals surface area contributed by atoms with Gasteiger partial charge in [0.2, 0.25) is 0 Å². The summed E-state index contributed by atoms with van der Waals surface area (Å²) >= 11 is 13.4. The summed E-state index contributed by atoms with van der Waals surface area (Å²) in [7, 11) is 0. The van der Waals surface area contributed by atoms with Gasteiger partial charge in [0.25, 0.3) is 5.91 Å². The molecule has 7 nitrogen and oxygen atoms in total. The third-order valence-corrected chi connectivity index (χ3v) is 7.11. The van der Waals surface area contributed by atoms with Gasteiger partial charge in [0.1, 0.15) is 10.8 Å². The zero-order valence-corrected chi connectivity index (χ0v) is 22.7. The summed E-state index contributed by atoms with van der Waals surface area (Å²) in [6.45, 7) is 0.302. The van der Waals surface area contributed by atoms with Gasteiger partial charge in [-0.2, -0.15) is 0 Å². The summed E-state index contributed by atoms with van der Waals surface area (Å²) < 4.78 is 42.8. The van der Waals surface area contributed by atoms with E-state index in [2.05, 4.69) is 20.4 Å². The van der Waals surface area contributed by atoms with E-state index in [1.807, 2.05) is 0 Å². The first-order valence-corrected chi connectivity index (χ1v) is 13.3. The van der Waals surface area contributed by atoms with Crippen molar-refractivity contribution in [2.24, 2.45) is 0 Å². The smallest absolute Gasteiger partial charge is 0.481 e. The highest BCUT2D eigenvalue weighted by Gasteiger charge is 2.31. The van der Waals surface area contributed by atoms with Gasteiger partial charge in [-0.1, -0.05) is 41.4 Å². The number of nitrogens with zero attached hydrogens (tertiary/aromatic N) is 1. The molecule has 3 N–H and O–H groups in total. The summed E-state index contributed by atoms with van der Waals surface area (Å²) in [4.78, 5) is 27.4. The molecule has 0 radical (unpaired) electrons. The second kappa shape index (κ2) is 12.6. The Hall–Kier alpha value is -3.80. The van der Waals surface area contributed by atoms with Crippen LogP contribution < -0.4 is 15.4 Å². The number of aromatic nitrogens is 1. The molecule has 0 aliphatic rings. The lowest BCUT2D eigenvalue weighted by Crippen LogP contribution is -2.25. The fourth-order valence-corrected chi connectivity index (χ4v) is 4.75. The second-order valence-electron chi connectivity index (χ2n) is 8.37. The normalized spacial score (nSPS) is 11.2. The first-order valence-electron chi connectivity index (χ1n) is 11.6. The molecule has 3 aromatic carbocycles. The van der Waals surface area contributed by atoms with Crippen LogP contribution in [0.5, 0.6) is 5.75 Å². The summed E-state index contributed by atoms with van der Waals surface area (Å²) in [6.07, 6.45) is -5.04. The molecule has 40 heavy (non-hydrogen) atoms. The third kappa shape index (κ3) is 7.87. The molecule has 208 valence electrons. The summed E-state index contributed by atoms with van der Waals surface area (Å²) in [5, 5.41) is 17.4. The van der Waals surface area contributed by atoms with Crippen molar-refractivity contribution in [1.29, 1.82) is 0 Å². The molecule has 0 spiro atoms. The van der Waals surface area contributed by atoms with Crippen molar-refractivity contribution in [2.45, 2.75) is 19.3 Å². The van der Waals surface area contributed by atoms with Gasteiger partial charge in [-0.05, 0) is 48.0 Å². The highest BCUT2D eigenvalue weighted by molar-refractivity contribution is 7.13. The molecular weight excluding hydrogens is 590 g/mol. The van der Waals surface area contributed by atoms with Crippen molar-refractivity contribution in [2.75, 3.05) is 11.9 Å². The van der Waals surface area contributed by atoms with E-state index < -0.39 is 24.0 Å².